The molecular formula is C25H27N3O2S. The van der Waals surface area contributed by atoms with Crippen molar-refractivity contribution in [2.45, 2.75) is 20.3 Å². The molecule has 1 amide bonds. The number of anilines is 3. The van der Waals surface area contributed by atoms with Gasteiger partial charge in [0.05, 0.1) is 6.61 Å². The van der Waals surface area contributed by atoms with Gasteiger partial charge in [-0.15, -0.1) is 0 Å². The number of hydrogen-bond acceptors (Lipinski definition) is 4. The third-order valence-electron chi connectivity index (χ3n) is 4.51. The highest BCUT2D eigenvalue weighted by atomic mass is 32.1. The number of benzene rings is 3. The maximum atomic E-state index is 12.4. The molecule has 3 aromatic rings. The molecule has 0 fully saturated rings. The van der Waals surface area contributed by atoms with Crippen LogP contribution in [0.15, 0.2) is 78.9 Å². The second kappa shape index (κ2) is 11.1. The molecule has 0 saturated carbocycles. The topological polar surface area (TPSA) is 62.4 Å². The third-order valence-corrected chi connectivity index (χ3v) is 4.72. The number of carbonyl (C=O) groups is 1. The van der Waals surface area contributed by atoms with Crippen LogP contribution in [-0.4, -0.2) is 17.6 Å². The van der Waals surface area contributed by atoms with E-state index in [1.54, 1.807) is 24.3 Å². The van der Waals surface area contributed by atoms with Gasteiger partial charge in [-0.1, -0.05) is 32.0 Å². The van der Waals surface area contributed by atoms with Gasteiger partial charge in [-0.05, 0) is 85.2 Å². The highest BCUT2D eigenvalue weighted by molar-refractivity contribution is 7.80. The van der Waals surface area contributed by atoms with Crippen LogP contribution in [0.5, 0.6) is 5.75 Å². The number of para-hydroxylation sites is 1. The Bertz CT molecular complexity index is 988. The summed E-state index contributed by atoms with van der Waals surface area (Å²) in [6.45, 7) is 4.98. The zero-order valence-corrected chi connectivity index (χ0v) is 18.5. The van der Waals surface area contributed by atoms with Gasteiger partial charge in [0.25, 0.3) is 5.91 Å². The first kappa shape index (κ1) is 22.3. The van der Waals surface area contributed by atoms with E-state index in [4.69, 9.17) is 17.0 Å². The average Bonchev–Trinajstić information content (AvgIpc) is 2.76. The largest absolute Gasteiger partial charge is 0.494 e. The molecule has 0 aliphatic heterocycles. The van der Waals surface area contributed by atoms with Crippen LogP contribution >= 0.6 is 12.2 Å². The summed E-state index contributed by atoms with van der Waals surface area (Å²) in [5.74, 6) is 1.07. The smallest absolute Gasteiger partial charge is 0.257 e. The van der Waals surface area contributed by atoms with Crippen LogP contribution < -0.4 is 20.7 Å². The number of rotatable bonds is 8. The van der Waals surface area contributed by atoms with Gasteiger partial charge in [-0.3, -0.25) is 10.1 Å². The Balaban J connectivity index is 1.48. The molecule has 0 radical (unpaired) electrons. The fraction of sp³-hybridized carbons (Fsp3) is 0.200. The fourth-order valence-electron chi connectivity index (χ4n) is 2.78. The van der Waals surface area contributed by atoms with E-state index in [2.05, 4.69) is 29.8 Å². The summed E-state index contributed by atoms with van der Waals surface area (Å²) in [6.07, 6.45) is 0.992. The van der Waals surface area contributed by atoms with Gasteiger partial charge in [0.1, 0.15) is 5.75 Å². The summed E-state index contributed by atoms with van der Waals surface area (Å²) < 4.78 is 5.68. The number of carbonyl (C=O) groups excluding carboxylic acids is 1. The van der Waals surface area contributed by atoms with Crippen molar-refractivity contribution in [3.05, 3.63) is 84.4 Å². The van der Waals surface area contributed by atoms with E-state index < -0.39 is 0 Å². The van der Waals surface area contributed by atoms with E-state index in [0.29, 0.717) is 18.1 Å². The van der Waals surface area contributed by atoms with Crippen molar-refractivity contribution in [3.63, 3.8) is 0 Å². The predicted molar refractivity (Wildman–Crippen MR) is 131 cm³/mol. The summed E-state index contributed by atoms with van der Waals surface area (Å²) >= 11 is 5.27. The summed E-state index contributed by atoms with van der Waals surface area (Å²) in [7, 11) is 0. The highest BCUT2D eigenvalue weighted by Crippen LogP contribution is 2.19. The van der Waals surface area contributed by atoms with Crippen molar-refractivity contribution < 1.29 is 9.53 Å². The van der Waals surface area contributed by atoms with E-state index in [-0.39, 0.29) is 11.0 Å². The van der Waals surface area contributed by atoms with Crippen molar-refractivity contribution in [3.8, 4) is 5.75 Å². The third kappa shape index (κ3) is 7.42. The first-order chi connectivity index (χ1) is 15.0. The van der Waals surface area contributed by atoms with E-state index in [0.717, 1.165) is 29.2 Å². The maximum absolute atomic E-state index is 12.4. The molecule has 0 aromatic heterocycles. The van der Waals surface area contributed by atoms with E-state index in [1.165, 1.54) is 0 Å². The molecule has 3 aromatic carbocycles. The Morgan fingerprint density at radius 2 is 1.48 bits per heavy atom. The lowest BCUT2D eigenvalue weighted by atomic mass is 10.1. The van der Waals surface area contributed by atoms with Gasteiger partial charge >= 0.3 is 0 Å². The van der Waals surface area contributed by atoms with Crippen molar-refractivity contribution in [1.29, 1.82) is 0 Å². The number of nitrogens with one attached hydrogen (secondary N) is 3. The van der Waals surface area contributed by atoms with Crippen molar-refractivity contribution in [2.75, 3.05) is 17.2 Å². The molecule has 3 rings (SSSR count). The maximum Gasteiger partial charge on any atom is 0.257 e. The van der Waals surface area contributed by atoms with Gasteiger partial charge < -0.3 is 15.4 Å². The van der Waals surface area contributed by atoms with Crippen LogP contribution in [0.1, 0.15) is 30.6 Å². The SMILES string of the molecule is CC(C)CCOc1ccc(C(=O)NC(=S)Nc2ccc(Nc3ccccc3)cc2)cc1. The van der Waals surface area contributed by atoms with Crippen molar-refractivity contribution >= 4 is 40.3 Å². The van der Waals surface area contributed by atoms with Crippen LogP contribution in [0.3, 0.4) is 0 Å². The zero-order valence-electron chi connectivity index (χ0n) is 17.7. The Labute approximate surface area is 188 Å². The molecule has 0 spiro atoms. The van der Waals surface area contributed by atoms with Crippen LogP contribution in [0.2, 0.25) is 0 Å². The fourth-order valence-corrected chi connectivity index (χ4v) is 2.99. The molecule has 5 nitrogen and oxygen atoms in total. The average molecular weight is 434 g/mol. The Kier molecular flexibility index (Phi) is 8.01. The van der Waals surface area contributed by atoms with Crippen LogP contribution in [0, 0.1) is 5.92 Å². The minimum atomic E-state index is -0.270. The standard InChI is InChI=1S/C25H27N3O2S/c1-18(2)16-17-30-23-14-8-19(9-15-23)24(29)28-25(31)27-22-12-10-21(11-13-22)26-20-6-4-3-5-7-20/h3-15,18,26H,16-17H2,1-2H3,(H2,27,28,29,31). The lowest BCUT2D eigenvalue weighted by molar-refractivity contribution is 0.0977. The molecule has 0 aliphatic carbocycles. The first-order valence-electron chi connectivity index (χ1n) is 10.3. The van der Waals surface area contributed by atoms with Crippen molar-refractivity contribution in [2.24, 2.45) is 5.92 Å². The molecule has 160 valence electrons. The number of amides is 1. The van der Waals surface area contributed by atoms with Gasteiger partial charge in [0.2, 0.25) is 0 Å². The molecule has 0 atom stereocenters. The lowest BCUT2D eigenvalue weighted by Gasteiger charge is -2.12. The molecular weight excluding hydrogens is 406 g/mol. The number of thiocarbonyl (C=S) groups is 1. The van der Waals surface area contributed by atoms with Crippen LogP contribution in [0.4, 0.5) is 17.1 Å². The Hall–Kier alpha value is -3.38. The number of hydrogen-bond donors (Lipinski definition) is 3. The lowest BCUT2D eigenvalue weighted by Crippen LogP contribution is -2.34. The highest BCUT2D eigenvalue weighted by Gasteiger charge is 2.08. The summed E-state index contributed by atoms with van der Waals surface area (Å²) in [4.78, 5) is 12.4. The van der Waals surface area contributed by atoms with Gasteiger partial charge in [0.15, 0.2) is 5.11 Å². The van der Waals surface area contributed by atoms with Gasteiger partial charge in [-0.25, -0.2) is 0 Å². The molecule has 6 heteroatoms. The molecule has 3 N–H and O–H groups in total. The Morgan fingerprint density at radius 3 is 2.13 bits per heavy atom. The molecule has 0 saturated heterocycles. The number of ether oxygens (including phenoxy) is 1. The van der Waals surface area contributed by atoms with E-state index in [1.807, 2.05) is 54.6 Å². The second-order valence-corrected chi connectivity index (χ2v) is 7.94. The monoisotopic (exact) mass is 433 g/mol. The van der Waals surface area contributed by atoms with E-state index in [9.17, 15) is 4.79 Å². The molecule has 0 heterocycles. The normalized spacial score (nSPS) is 10.4. The predicted octanol–water partition coefficient (Wildman–Crippen LogP) is 5.98. The zero-order chi connectivity index (χ0) is 22.1. The second-order valence-electron chi connectivity index (χ2n) is 7.53. The summed E-state index contributed by atoms with van der Waals surface area (Å²) in [5.41, 5.74) is 3.28. The van der Waals surface area contributed by atoms with Crippen LogP contribution in [0.25, 0.3) is 0 Å². The summed E-state index contributed by atoms with van der Waals surface area (Å²) in [5, 5.41) is 9.29. The van der Waals surface area contributed by atoms with Gasteiger partial charge in [-0.2, -0.15) is 0 Å². The van der Waals surface area contributed by atoms with Crippen molar-refractivity contribution in [1.82, 2.24) is 5.32 Å². The molecule has 31 heavy (non-hydrogen) atoms. The quantitative estimate of drug-likeness (QED) is 0.381. The van der Waals surface area contributed by atoms with Crippen LogP contribution in [-0.2, 0) is 0 Å². The molecule has 0 unspecified atom stereocenters. The summed E-state index contributed by atoms with van der Waals surface area (Å²) in [6, 6.07) is 24.7. The van der Waals surface area contributed by atoms with Gasteiger partial charge in [0, 0.05) is 22.6 Å². The minimum Gasteiger partial charge on any atom is -0.494 e. The molecule has 0 bridgehead atoms. The van der Waals surface area contributed by atoms with E-state index >= 15 is 0 Å². The molecule has 0 aliphatic rings. The Morgan fingerprint density at radius 1 is 0.871 bits per heavy atom. The first-order valence-corrected chi connectivity index (χ1v) is 10.7. The minimum absolute atomic E-state index is 0.242.